The first-order valence-electron chi connectivity index (χ1n) is 7.38. The molecule has 11 heteroatoms. The highest BCUT2D eigenvalue weighted by Gasteiger charge is 2.44. The van der Waals surface area contributed by atoms with Gasteiger partial charge in [-0.25, -0.2) is 4.98 Å². The number of nitrogen functional groups attached to an aromatic ring is 1. The summed E-state index contributed by atoms with van der Waals surface area (Å²) in [5.41, 5.74) is 5.18. The maximum atomic E-state index is 11.9. The van der Waals surface area contributed by atoms with E-state index in [0.29, 0.717) is 0 Å². The summed E-state index contributed by atoms with van der Waals surface area (Å²) in [5.74, 6) is -0.819. The van der Waals surface area contributed by atoms with Crippen molar-refractivity contribution in [3.05, 3.63) is 16.7 Å². The van der Waals surface area contributed by atoms with Crippen LogP contribution in [0.2, 0.25) is 0 Å². The normalized spacial score (nSPS) is 34.4. The summed E-state index contributed by atoms with van der Waals surface area (Å²) in [6.45, 7) is 1.02. The highest BCUT2D eigenvalue weighted by atomic mass is 16.5. The van der Waals surface area contributed by atoms with Gasteiger partial charge in [-0.15, -0.1) is 0 Å². The van der Waals surface area contributed by atoms with Crippen LogP contribution in [0.5, 0.6) is 0 Å². The zero-order valence-corrected chi connectivity index (χ0v) is 12.8. The first-order valence-corrected chi connectivity index (χ1v) is 7.38. The molecule has 0 aliphatic carbocycles. The van der Waals surface area contributed by atoms with Crippen LogP contribution in [0.4, 0.5) is 5.95 Å². The van der Waals surface area contributed by atoms with Crippen LogP contribution in [0.1, 0.15) is 13.2 Å². The zero-order valence-electron chi connectivity index (χ0n) is 12.8. The van der Waals surface area contributed by atoms with Crippen molar-refractivity contribution in [2.24, 2.45) is 5.92 Å². The quantitative estimate of drug-likeness (QED) is 0.339. The predicted molar refractivity (Wildman–Crippen MR) is 80.7 cm³/mol. The van der Waals surface area contributed by atoms with Crippen LogP contribution in [0.25, 0.3) is 11.2 Å². The number of H-pyrrole nitrogens is 1. The molecule has 24 heavy (non-hydrogen) atoms. The van der Waals surface area contributed by atoms with Gasteiger partial charge in [0.25, 0.3) is 5.56 Å². The van der Waals surface area contributed by atoms with E-state index in [1.807, 2.05) is 0 Å². The van der Waals surface area contributed by atoms with E-state index in [9.17, 15) is 25.2 Å². The molecule has 2 aromatic heterocycles. The fourth-order valence-corrected chi connectivity index (χ4v) is 2.88. The molecular weight excluding hydrogens is 322 g/mol. The number of nitrogens with one attached hydrogen (secondary N) is 1. The Morgan fingerprint density at radius 3 is 2.71 bits per heavy atom. The number of rotatable bonds is 2. The summed E-state index contributed by atoms with van der Waals surface area (Å²) in [6.07, 6.45) is -5.10. The highest BCUT2D eigenvalue weighted by molar-refractivity contribution is 5.70. The summed E-state index contributed by atoms with van der Waals surface area (Å²) < 4.78 is 7.05. The largest absolute Gasteiger partial charge is 0.394 e. The van der Waals surface area contributed by atoms with Crippen LogP contribution in [0, 0.1) is 5.92 Å². The van der Waals surface area contributed by atoms with Gasteiger partial charge >= 0.3 is 0 Å². The lowest BCUT2D eigenvalue weighted by atomic mass is 9.95. The molecule has 0 unspecified atom stereocenters. The molecule has 0 bridgehead atoms. The molecule has 1 saturated heterocycles. The fraction of sp³-hybridized carbons (Fsp3) is 0.615. The number of ether oxygens (including phenoxy) is 1. The van der Waals surface area contributed by atoms with E-state index >= 15 is 0 Å². The van der Waals surface area contributed by atoms with E-state index in [1.54, 1.807) is 6.92 Å². The molecule has 0 radical (unpaired) electrons. The van der Waals surface area contributed by atoms with Crippen LogP contribution < -0.4 is 11.3 Å². The number of aliphatic hydroxyl groups excluding tert-OH is 4. The van der Waals surface area contributed by atoms with Gasteiger partial charge in [0.2, 0.25) is 5.95 Å². The Hall–Kier alpha value is -2.05. The Morgan fingerprint density at radius 1 is 1.33 bits per heavy atom. The van der Waals surface area contributed by atoms with E-state index in [1.165, 1.54) is 10.9 Å². The van der Waals surface area contributed by atoms with Gasteiger partial charge in [0.15, 0.2) is 11.2 Å². The van der Waals surface area contributed by atoms with Crippen molar-refractivity contribution in [3.63, 3.8) is 0 Å². The van der Waals surface area contributed by atoms with Crippen molar-refractivity contribution in [2.45, 2.75) is 37.6 Å². The van der Waals surface area contributed by atoms with Gasteiger partial charge in [0.1, 0.15) is 24.5 Å². The first kappa shape index (κ1) is 16.8. The van der Waals surface area contributed by atoms with Crippen molar-refractivity contribution >= 4 is 17.1 Å². The number of imidazole rings is 1. The molecule has 2 aromatic rings. The van der Waals surface area contributed by atoms with Crippen molar-refractivity contribution in [2.75, 3.05) is 12.3 Å². The number of anilines is 1. The van der Waals surface area contributed by atoms with Crippen LogP contribution in [0.3, 0.4) is 0 Å². The van der Waals surface area contributed by atoms with Crippen molar-refractivity contribution in [1.82, 2.24) is 19.5 Å². The molecule has 6 atom stereocenters. The number of hydrogen-bond acceptors (Lipinski definition) is 9. The SMILES string of the molecule is C[C@H]1[C@H](O)[C@H](O)[C@H](O)[C@@H](CO)O[C@H]1n1cnc2c(=O)[nH]c(N)nc21. The van der Waals surface area contributed by atoms with Crippen LogP contribution in [0.15, 0.2) is 11.1 Å². The lowest BCUT2D eigenvalue weighted by molar-refractivity contribution is -0.135. The lowest BCUT2D eigenvalue weighted by Gasteiger charge is -2.27. The van der Waals surface area contributed by atoms with Crippen LogP contribution in [-0.4, -0.2) is 71.0 Å². The van der Waals surface area contributed by atoms with E-state index in [0.717, 1.165) is 0 Å². The van der Waals surface area contributed by atoms with Crippen molar-refractivity contribution in [1.29, 1.82) is 0 Å². The number of aromatic nitrogens is 4. The zero-order chi connectivity index (χ0) is 17.6. The third-order valence-corrected chi connectivity index (χ3v) is 4.29. The van der Waals surface area contributed by atoms with Crippen LogP contribution in [-0.2, 0) is 4.74 Å². The number of hydrogen-bond donors (Lipinski definition) is 6. The predicted octanol–water partition coefficient (Wildman–Crippen LogP) is -2.69. The standard InChI is InChI=1S/C13H19N5O6/c1-4-7(20)9(22)8(21)5(2-19)24-12(4)18-3-15-6-10(18)16-13(14)17-11(6)23/h3-5,7-9,12,19-22H,2H2,1H3,(H3,14,16,17,23)/t4-,5+,7-,8+,9-,12+/m0/s1. The smallest absolute Gasteiger partial charge is 0.280 e. The van der Waals surface area contributed by atoms with Gasteiger partial charge in [-0.1, -0.05) is 6.92 Å². The Labute approximate surface area is 135 Å². The van der Waals surface area contributed by atoms with Gasteiger partial charge < -0.3 is 30.9 Å². The van der Waals surface area contributed by atoms with Gasteiger partial charge in [-0.2, -0.15) is 4.98 Å². The third kappa shape index (κ3) is 2.56. The summed E-state index contributed by atoms with van der Waals surface area (Å²) in [6, 6.07) is 0. The second kappa shape index (κ2) is 6.11. The molecule has 1 fully saturated rings. The monoisotopic (exact) mass is 341 g/mol. The molecule has 132 valence electrons. The Balaban J connectivity index is 2.11. The minimum atomic E-state index is -1.50. The second-order valence-electron chi connectivity index (χ2n) is 5.85. The number of nitrogens with two attached hydrogens (primary N) is 1. The van der Waals surface area contributed by atoms with Crippen molar-refractivity contribution in [3.8, 4) is 0 Å². The Kier molecular flexibility index (Phi) is 4.27. The molecule has 7 N–H and O–H groups in total. The molecule has 11 nitrogen and oxygen atoms in total. The van der Waals surface area contributed by atoms with E-state index in [-0.39, 0.29) is 17.1 Å². The molecule has 0 spiro atoms. The minimum Gasteiger partial charge on any atom is -0.394 e. The van der Waals surface area contributed by atoms with Gasteiger partial charge in [-0.05, 0) is 0 Å². The van der Waals surface area contributed by atoms with Gasteiger partial charge in [0.05, 0.1) is 19.0 Å². The molecule has 3 rings (SSSR count). The fourth-order valence-electron chi connectivity index (χ4n) is 2.88. The molecular formula is C13H19N5O6. The number of aromatic amines is 1. The molecule has 0 saturated carbocycles. The maximum absolute atomic E-state index is 11.9. The second-order valence-corrected chi connectivity index (χ2v) is 5.85. The van der Waals surface area contributed by atoms with E-state index in [4.69, 9.17) is 10.5 Å². The summed E-state index contributed by atoms with van der Waals surface area (Å²) in [7, 11) is 0. The topological polar surface area (TPSA) is 180 Å². The number of nitrogens with zero attached hydrogens (tertiary/aromatic N) is 3. The maximum Gasteiger partial charge on any atom is 0.280 e. The molecule has 0 aromatic carbocycles. The first-order chi connectivity index (χ1) is 11.3. The average molecular weight is 341 g/mol. The minimum absolute atomic E-state index is 0.0281. The van der Waals surface area contributed by atoms with Crippen molar-refractivity contribution < 1.29 is 25.2 Å². The van der Waals surface area contributed by atoms with E-state index in [2.05, 4.69) is 15.0 Å². The summed E-state index contributed by atoms with van der Waals surface area (Å²) >= 11 is 0. The van der Waals surface area contributed by atoms with Gasteiger partial charge in [0, 0.05) is 5.92 Å². The number of fused-ring (bicyclic) bond motifs is 1. The highest BCUT2D eigenvalue weighted by Crippen LogP contribution is 2.33. The number of aliphatic hydroxyl groups is 4. The summed E-state index contributed by atoms with van der Waals surface area (Å²) in [5, 5.41) is 39.7. The Bertz CT molecular complexity index is 789. The Morgan fingerprint density at radius 2 is 2.04 bits per heavy atom. The van der Waals surface area contributed by atoms with Gasteiger partial charge in [-0.3, -0.25) is 14.3 Å². The molecule has 3 heterocycles. The third-order valence-electron chi connectivity index (χ3n) is 4.29. The van der Waals surface area contributed by atoms with Crippen LogP contribution >= 0.6 is 0 Å². The molecule has 1 aliphatic rings. The molecule has 0 amide bonds. The summed E-state index contributed by atoms with van der Waals surface area (Å²) in [4.78, 5) is 22.2. The lowest BCUT2D eigenvalue weighted by Crippen LogP contribution is -2.45. The molecule has 1 aliphatic heterocycles. The van der Waals surface area contributed by atoms with E-state index < -0.39 is 48.7 Å². The average Bonchev–Trinajstić information content (AvgIpc) is 2.94.